The first-order chi connectivity index (χ1) is 10.2. The molecule has 1 fully saturated rings. The van der Waals surface area contributed by atoms with Crippen LogP contribution in [-0.4, -0.2) is 36.4 Å². The Labute approximate surface area is 124 Å². The fourth-order valence-corrected chi connectivity index (χ4v) is 2.27. The minimum Gasteiger partial charge on any atom is -0.491 e. The molecule has 0 unspecified atom stereocenters. The first-order valence-electron chi connectivity index (χ1n) is 6.59. The van der Waals surface area contributed by atoms with Crippen molar-refractivity contribution in [3.05, 3.63) is 29.3 Å². The maximum atomic E-state index is 12.7. The van der Waals surface area contributed by atoms with E-state index in [1.165, 1.54) is 4.90 Å². The lowest BCUT2D eigenvalue weighted by molar-refractivity contribution is -0.137. The minimum atomic E-state index is -4.57. The molecule has 1 saturated heterocycles. The van der Waals surface area contributed by atoms with Crippen LogP contribution in [0.5, 0.6) is 5.75 Å². The molecule has 0 radical (unpaired) electrons. The van der Waals surface area contributed by atoms with Gasteiger partial charge < -0.3 is 15.4 Å². The van der Waals surface area contributed by atoms with Crippen LogP contribution < -0.4 is 10.5 Å². The lowest BCUT2D eigenvalue weighted by atomic mass is 10.1. The van der Waals surface area contributed by atoms with Gasteiger partial charge in [-0.05, 0) is 24.6 Å². The number of ether oxygens (including phenoxy) is 1. The van der Waals surface area contributed by atoms with Crippen molar-refractivity contribution in [2.75, 3.05) is 13.7 Å². The van der Waals surface area contributed by atoms with Gasteiger partial charge >= 0.3 is 6.18 Å². The molecule has 22 heavy (non-hydrogen) atoms. The van der Waals surface area contributed by atoms with Crippen molar-refractivity contribution in [2.24, 2.45) is 5.73 Å². The second-order valence-electron chi connectivity index (χ2n) is 5.08. The number of carbonyl (C=O) groups is 2. The molecule has 0 bridgehead atoms. The molecule has 120 valence electrons. The van der Waals surface area contributed by atoms with E-state index in [4.69, 9.17) is 10.5 Å². The number of alkyl halides is 3. The van der Waals surface area contributed by atoms with Gasteiger partial charge in [-0.3, -0.25) is 9.59 Å². The topological polar surface area (TPSA) is 72.6 Å². The van der Waals surface area contributed by atoms with Crippen molar-refractivity contribution >= 4 is 11.8 Å². The van der Waals surface area contributed by atoms with Crippen LogP contribution in [0.2, 0.25) is 0 Å². The molecule has 2 rings (SSSR count). The lowest BCUT2D eigenvalue weighted by Crippen LogP contribution is -2.33. The quantitative estimate of drug-likeness (QED) is 0.920. The summed E-state index contributed by atoms with van der Waals surface area (Å²) in [6, 6.07) is 2.39. The summed E-state index contributed by atoms with van der Waals surface area (Å²) in [7, 11) is 1.63. The second-order valence-corrected chi connectivity index (χ2v) is 5.08. The Hall–Kier alpha value is -2.25. The Kier molecular flexibility index (Phi) is 4.30. The normalized spacial score (nSPS) is 18.6. The zero-order valence-corrected chi connectivity index (χ0v) is 11.8. The third-order valence-electron chi connectivity index (χ3n) is 3.64. The number of rotatable bonds is 4. The summed E-state index contributed by atoms with van der Waals surface area (Å²) >= 11 is 0. The summed E-state index contributed by atoms with van der Waals surface area (Å²) in [5, 5.41) is 0. The van der Waals surface area contributed by atoms with Crippen molar-refractivity contribution in [2.45, 2.75) is 25.1 Å². The molecule has 1 aromatic carbocycles. The molecule has 5 nitrogen and oxygen atoms in total. The van der Waals surface area contributed by atoms with E-state index in [9.17, 15) is 22.8 Å². The van der Waals surface area contributed by atoms with Crippen LogP contribution in [-0.2, 0) is 11.0 Å². The number of hydrogen-bond donors (Lipinski definition) is 1. The van der Waals surface area contributed by atoms with Gasteiger partial charge in [0.05, 0.1) is 17.2 Å². The van der Waals surface area contributed by atoms with Crippen LogP contribution >= 0.6 is 0 Å². The number of primary amides is 1. The number of likely N-dealkylation sites (tertiary alicyclic amines) is 1. The van der Waals surface area contributed by atoms with Crippen LogP contribution in [0, 0.1) is 0 Å². The Morgan fingerprint density at radius 2 is 2.14 bits per heavy atom. The fraction of sp³-hybridized carbons (Fsp3) is 0.429. The van der Waals surface area contributed by atoms with Crippen LogP contribution in [0.25, 0.3) is 0 Å². The van der Waals surface area contributed by atoms with Crippen LogP contribution in [0.3, 0.4) is 0 Å². The summed E-state index contributed by atoms with van der Waals surface area (Å²) in [4.78, 5) is 24.2. The van der Waals surface area contributed by atoms with E-state index in [0.29, 0.717) is 18.9 Å². The summed E-state index contributed by atoms with van der Waals surface area (Å²) in [5.74, 6) is -1.04. The average molecular weight is 316 g/mol. The number of halogens is 3. The molecule has 2 N–H and O–H groups in total. The van der Waals surface area contributed by atoms with Crippen LogP contribution in [0.4, 0.5) is 13.2 Å². The molecule has 8 heteroatoms. The van der Waals surface area contributed by atoms with Crippen molar-refractivity contribution in [3.8, 4) is 5.75 Å². The number of amides is 2. The second kappa shape index (κ2) is 5.86. The van der Waals surface area contributed by atoms with Gasteiger partial charge in [0.2, 0.25) is 5.91 Å². The summed E-state index contributed by atoms with van der Waals surface area (Å²) < 4.78 is 43.4. The van der Waals surface area contributed by atoms with E-state index in [1.54, 1.807) is 7.05 Å². The third kappa shape index (κ3) is 3.32. The van der Waals surface area contributed by atoms with Gasteiger partial charge in [0.15, 0.2) is 0 Å². The number of benzene rings is 1. The predicted octanol–water partition coefficient (Wildman–Crippen LogP) is 1.80. The molecule has 1 heterocycles. The van der Waals surface area contributed by atoms with E-state index < -0.39 is 17.6 Å². The van der Waals surface area contributed by atoms with Gasteiger partial charge in [0, 0.05) is 13.5 Å². The molecule has 1 aliphatic rings. The van der Waals surface area contributed by atoms with Crippen LogP contribution in [0.1, 0.15) is 28.8 Å². The maximum absolute atomic E-state index is 12.7. The number of hydrogen-bond acceptors (Lipinski definition) is 3. The first-order valence-corrected chi connectivity index (χ1v) is 6.59. The molecule has 0 aromatic heterocycles. The summed E-state index contributed by atoms with van der Waals surface area (Å²) in [6.45, 7) is 0.0912. The molecule has 1 aliphatic heterocycles. The molecule has 0 aliphatic carbocycles. The SMILES string of the molecule is CN1C(=O)CC[C@H]1COc1ccc(C(F)(F)F)cc1C(N)=O. The number of nitrogens with zero attached hydrogens (tertiary/aromatic N) is 1. The predicted molar refractivity (Wildman–Crippen MR) is 71.2 cm³/mol. The van der Waals surface area contributed by atoms with E-state index in [-0.39, 0.29) is 29.9 Å². The highest BCUT2D eigenvalue weighted by Crippen LogP contribution is 2.32. The van der Waals surface area contributed by atoms with Gasteiger partial charge in [0.25, 0.3) is 5.91 Å². The van der Waals surface area contributed by atoms with Crippen LogP contribution in [0.15, 0.2) is 18.2 Å². The highest BCUT2D eigenvalue weighted by molar-refractivity contribution is 5.95. The Bertz CT molecular complexity index is 601. The molecular formula is C14H15F3N2O3. The lowest BCUT2D eigenvalue weighted by Gasteiger charge is -2.21. The monoisotopic (exact) mass is 316 g/mol. The Morgan fingerprint density at radius 3 is 2.64 bits per heavy atom. The summed E-state index contributed by atoms with van der Waals surface area (Å²) in [6.07, 6.45) is -3.57. The van der Waals surface area contributed by atoms with Crippen molar-refractivity contribution in [1.82, 2.24) is 4.90 Å². The number of likely N-dealkylation sites (N-methyl/N-ethyl adjacent to an activating group) is 1. The van der Waals surface area contributed by atoms with Crippen molar-refractivity contribution < 1.29 is 27.5 Å². The van der Waals surface area contributed by atoms with Gasteiger partial charge in [-0.1, -0.05) is 0 Å². The third-order valence-corrected chi connectivity index (χ3v) is 3.64. The van der Waals surface area contributed by atoms with Gasteiger partial charge in [-0.25, -0.2) is 0 Å². The molecular weight excluding hydrogens is 301 g/mol. The average Bonchev–Trinajstić information content (AvgIpc) is 2.75. The van der Waals surface area contributed by atoms with Crippen molar-refractivity contribution in [3.63, 3.8) is 0 Å². The van der Waals surface area contributed by atoms with Crippen molar-refractivity contribution in [1.29, 1.82) is 0 Å². The smallest absolute Gasteiger partial charge is 0.416 e. The summed E-state index contributed by atoms with van der Waals surface area (Å²) in [5.41, 5.74) is 3.81. The standard InChI is InChI=1S/C14H15F3N2O3/c1-19-9(3-5-12(19)20)7-22-11-4-2-8(14(15,16)17)6-10(11)13(18)21/h2,4,6,9H,3,5,7H2,1H3,(H2,18,21)/t9-/m0/s1. The van der Waals surface area contributed by atoms with E-state index in [1.807, 2.05) is 0 Å². The molecule has 0 spiro atoms. The van der Waals surface area contributed by atoms with E-state index in [0.717, 1.165) is 12.1 Å². The molecule has 2 amide bonds. The largest absolute Gasteiger partial charge is 0.491 e. The molecule has 1 atom stereocenters. The number of nitrogens with two attached hydrogens (primary N) is 1. The first kappa shape index (κ1) is 16.1. The Morgan fingerprint density at radius 1 is 1.45 bits per heavy atom. The maximum Gasteiger partial charge on any atom is 0.416 e. The van der Waals surface area contributed by atoms with Gasteiger partial charge in [-0.15, -0.1) is 0 Å². The van der Waals surface area contributed by atoms with E-state index >= 15 is 0 Å². The zero-order chi connectivity index (χ0) is 16.5. The highest BCUT2D eigenvalue weighted by atomic mass is 19.4. The fourth-order valence-electron chi connectivity index (χ4n) is 2.27. The highest BCUT2D eigenvalue weighted by Gasteiger charge is 2.32. The Balaban J connectivity index is 2.17. The zero-order valence-electron chi connectivity index (χ0n) is 11.8. The van der Waals surface area contributed by atoms with Gasteiger partial charge in [-0.2, -0.15) is 13.2 Å². The number of carbonyl (C=O) groups excluding carboxylic acids is 2. The molecule has 0 saturated carbocycles. The van der Waals surface area contributed by atoms with E-state index in [2.05, 4.69) is 0 Å². The minimum absolute atomic E-state index is 0.0175. The van der Waals surface area contributed by atoms with Gasteiger partial charge in [0.1, 0.15) is 12.4 Å². The molecule has 1 aromatic rings.